The van der Waals surface area contributed by atoms with Crippen molar-refractivity contribution < 1.29 is 9.53 Å². The van der Waals surface area contributed by atoms with E-state index in [-0.39, 0.29) is 17.6 Å². The van der Waals surface area contributed by atoms with Gasteiger partial charge in [0.25, 0.3) is 0 Å². The highest BCUT2D eigenvalue weighted by atomic mass is 35.5. The quantitative estimate of drug-likeness (QED) is 0.740. The highest BCUT2D eigenvalue weighted by Gasteiger charge is 2.44. The minimum atomic E-state index is -0.0948. The van der Waals surface area contributed by atoms with Crippen LogP contribution in [0.15, 0.2) is 0 Å². The molecular formula is C14H24ClNO2. The van der Waals surface area contributed by atoms with E-state index in [9.17, 15) is 4.79 Å². The van der Waals surface area contributed by atoms with Gasteiger partial charge in [0.15, 0.2) is 0 Å². The second-order valence-corrected chi connectivity index (χ2v) is 6.07. The normalized spacial score (nSPS) is 31.6. The molecule has 1 amide bonds. The van der Waals surface area contributed by atoms with E-state index < -0.39 is 0 Å². The van der Waals surface area contributed by atoms with Crippen molar-refractivity contribution in [3.05, 3.63) is 0 Å². The molecule has 0 N–H and O–H groups in total. The molecule has 0 spiro atoms. The largest absolute Gasteiger partial charge is 0.373 e. The first kappa shape index (κ1) is 14.1. The van der Waals surface area contributed by atoms with Crippen LogP contribution in [0.2, 0.25) is 0 Å². The van der Waals surface area contributed by atoms with E-state index in [0.29, 0.717) is 24.9 Å². The number of hydrogen-bond donors (Lipinski definition) is 0. The Kier molecular flexibility index (Phi) is 4.54. The lowest BCUT2D eigenvalue weighted by molar-refractivity contribution is -0.154. The minimum absolute atomic E-state index is 0.00197. The molecule has 104 valence electrons. The Morgan fingerprint density at radius 1 is 1.44 bits per heavy atom. The maximum Gasteiger partial charge on any atom is 0.229 e. The van der Waals surface area contributed by atoms with Crippen LogP contribution in [0.3, 0.4) is 0 Å². The Morgan fingerprint density at radius 3 is 2.67 bits per heavy atom. The Bertz CT molecular complexity index is 302. The highest BCUT2D eigenvalue weighted by molar-refractivity contribution is 6.18. The predicted molar refractivity (Wildman–Crippen MR) is 72.8 cm³/mol. The topological polar surface area (TPSA) is 29.5 Å². The molecule has 0 aromatic rings. The zero-order valence-electron chi connectivity index (χ0n) is 11.5. The Hall–Kier alpha value is -0.280. The fraction of sp³-hybridized carbons (Fsp3) is 0.929. The van der Waals surface area contributed by atoms with Gasteiger partial charge in [-0.1, -0.05) is 19.8 Å². The van der Waals surface area contributed by atoms with E-state index in [0.717, 1.165) is 19.3 Å². The van der Waals surface area contributed by atoms with Gasteiger partial charge in [0.1, 0.15) is 0 Å². The summed E-state index contributed by atoms with van der Waals surface area (Å²) in [5.74, 6) is 0.809. The monoisotopic (exact) mass is 273 g/mol. The van der Waals surface area contributed by atoms with E-state index in [2.05, 4.69) is 13.8 Å². The second kappa shape index (κ2) is 5.79. The summed E-state index contributed by atoms with van der Waals surface area (Å²) in [5.41, 5.74) is -0.0948. The lowest BCUT2D eigenvalue weighted by Gasteiger charge is -2.42. The molecule has 0 aromatic carbocycles. The average molecular weight is 274 g/mol. The van der Waals surface area contributed by atoms with Crippen molar-refractivity contribution in [3.8, 4) is 0 Å². The van der Waals surface area contributed by atoms with Crippen LogP contribution in [0.5, 0.6) is 0 Å². The van der Waals surface area contributed by atoms with Crippen LogP contribution < -0.4 is 0 Å². The van der Waals surface area contributed by atoms with Gasteiger partial charge >= 0.3 is 0 Å². The molecule has 1 saturated heterocycles. The molecule has 0 radical (unpaired) electrons. The third-order valence-corrected chi connectivity index (χ3v) is 4.97. The molecule has 0 aromatic heterocycles. The molecule has 2 aliphatic rings. The molecule has 2 rings (SSSR count). The predicted octanol–water partition coefficient (Wildman–Crippen LogP) is 2.81. The average Bonchev–Trinajstić information content (AvgIpc) is 2.88. The summed E-state index contributed by atoms with van der Waals surface area (Å²) in [6, 6.07) is 0.181. The van der Waals surface area contributed by atoms with Gasteiger partial charge in [-0.3, -0.25) is 4.79 Å². The van der Waals surface area contributed by atoms with E-state index in [1.165, 1.54) is 12.8 Å². The Labute approximate surface area is 115 Å². The summed E-state index contributed by atoms with van der Waals surface area (Å²) >= 11 is 5.86. The molecule has 1 aliphatic heterocycles. The molecule has 1 heterocycles. The zero-order chi connectivity index (χ0) is 13.2. The molecule has 4 heteroatoms. The molecule has 1 aliphatic carbocycles. The fourth-order valence-electron chi connectivity index (χ4n) is 3.27. The van der Waals surface area contributed by atoms with Gasteiger partial charge < -0.3 is 9.64 Å². The minimum Gasteiger partial charge on any atom is -0.373 e. The van der Waals surface area contributed by atoms with Crippen LogP contribution >= 0.6 is 11.6 Å². The van der Waals surface area contributed by atoms with Crippen molar-refractivity contribution in [2.45, 2.75) is 58.1 Å². The first-order chi connectivity index (χ1) is 8.63. The third-order valence-electron chi connectivity index (χ3n) is 4.63. The van der Waals surface area contributed by atoms with Crippen molar-refractivity contribution in [2.75, 3.05) is 19.0 Å². The van der Waals surface area contributed by atoms with Crippen LogP contribution in [-0.4, -0.2) is 42.0 Å². The van der Waals surface area contributed by atoms with Gasteiger partial charge in [0.05, 0.1) is 24.6 Å². The van der Waals surface area contributed by atoms with Gasteiger partial charge in [0.2, 0.25) is 5.91 Å². The van der Waals surface area contributed by atoms with Gasteiger partial charge in [-0.25, -0.2) is 0 Å². The van der Waals surface area contributed by atoms with E-state index >= 15 is 0 Å². The molecule has 0 bridgehead atoms. The number of rotatable bonds is 3. The third kappa shape index (κ3) is 2.53. The van der Waals surface area contributed by atoms with E-state index in [1.807, 2.05) is 4.90 Å². The number of alkyl halides is 1. The number of nitrogens with zero attached hydrogens (tertiary/aromatic N) is 1. The van der Waals surface area contributed by atoms with Crippen molar-refractivity contribution in [3.63, 3.8) is 0 Å². The van der Waals surface area contributed by atoms with Crippen molar-refractivity contribution >= 4 is 17.5 Å². The van der Waals surface area contributed by atoms with Crippen molar-refractivity contribution in [1.29, 1.82) is 0 Å². The lowest BCUT2D eigenvalue weighted by Crippen LogP contribution is -2.55. The van der Waals surface area contributed by atoms with Crippen LogP contribution in [-0.2, 0) is 9.53 Å². The number of ether oxygens (including phenoxy) is 1. The van der Waals surface area contributed by atoms with Crippen LogP contribution in [0.4, 0.5) is 0 Å². The number of hydrogen-bond acceptors (Lipinski definition) is 2. The smallest absolute Gasteiger partial charge is 0.229 e. The summed E-state index contributed by atoms with van der Waals surface area (Å²) in [6.07, 6.45) is 5.45. The molecule has 2 fully saturated rings. The standard InChI is InChI=1S/C14H24ClNO2/c1-3-14(6-4-5-7-14)13(17)16-9-12(8-15)18-10-11(16)2/h11-12H,3-10H2,1-2H3. The SMILES string of the molecule is CCC1(C(=O)N2CC(CCl)OCC2C)CCCC1. The number of amides is 1. The summed E-state index contributed by atoms with van der Waals surface area (Å²) < 4.78 is 5.62. The molecule has 2 atom stereocenters. The van der Waals surface area contributed by atoms with Gasteiger partial charge in [-0.05, 0) is 26.2 Å². The summed E-state index contributed by atoms with van der Waals surface area (Å²) in [5, 5.41) is 0. The Balaban J connectivity index is 2.10. The first-order valence-corrected chi connectivity index (χ1v) is 7.65. The molecular weight excluding hydrogens is 250 g/mol. The van der Waals surface area contributed by atoms with Gasteiger partial charge in [-0.15, -0.1) is 11.6 Å². The number of carbonyl (C=O) groups is 1. The summed E-state index contributed by atoms with van der Waals surface area (Å²) in [4.78, 5) is 14.9. The summed E-state index contributed by atoms with van der Waals surface area (Å²) in [6.45, 7) is 5.49. The molecule has 1 saturated carbocycles. The highest BCUT2D eigenvalue weighted by Crippen LogP contribution is 2.43. The lowest BCUT2D eigenvalue weighted by atomic mass is 9.81. The van der Waals surface area contributed by atoms with Gasteiger partial charge in [-0.2, -0.15) is 0 Å². The summed E-state index contributed by atoms with van der Waals surface area (Å²) in [7, 11) is 0. The maximum absolute atomic E-state index is 12.9. The van der Waals surface area contributed by atoms with E-state index in [4.69, 9.17) is 16.3 Å². The van der Waals surface area contributed by atoms with Crippen LogP contribution in [0, 0.1) is 5.41 Å². The number of morpholine rings is 1. The molecule has 18 heavy (non-hydrogen) atoms. The molecule has 3 nitrogen and oxygen atoms in total. The Morgan fingerprint density at radius 2 is 2.11 bits per heavy atom. The van der Waals surface area contributed by atoms with E-state index in [1.54, 1.807) is 0 Å². The second-order valence-electron chi connectivity index (χ2n) is 5.76. The number of carbonyl (C=O) groups excluding carboxylic acids is 1. The van der Waals surface area contributed by atoms with Gasteiger partial charge in [0, 0.05) is 12.0 Å². The van der Waals surface area contributed by atoms with Crippen molar-refractivity contribution in [1.82, 2.24) is 4.90 Å². The van der Waals surface area contributed by atoms with Crippen LogP contribution in [0.1, 0.15) is 46.0 Å². The number of halogens is 1. The van der Waals surface area contributed by atoms with Crippen molar-refractivity contribution in [2.24, 2.45) is 5.41 Å². The zero-order valence-corrected chi connectivity index (χ0v) is 12.2. The molecule has 2 unspecified atom stereocenters. The van der Waals surface area contributed by atoms with Crippen LogP contribution in [0.25, 0.3) is 0 Å². The fourth-order valence-corrected chi connectivity index (χ4v) is 3.46. The maximum atomic E-state index is 12.9. The first-order valence-electron chi connectivity index (χ1n) is 7.11.